The number of aromatic nitrogens is 6. The average molecular weight is 411 g/mol. The summed E-state index contributed by atoms with van der Waals surface area (Å²) in [5.74, 6) is -3.45. The minimum atomic E-state index is -3.23. The molecule has 0 saturated heterocycles. The Labute approximate surface area is 170 Å². The number of halogens is 2. The number of aryl methyl sites for hydroxylation is 1. The number of hydrogen-bond donors (Lipinski definition) is 2. The average Bonchev–Trinajstić information content (AvgIpc) is 3.34. The van der Waals surface area contributed by atoms with E-state index in [1.165, 1.54) is 13.1 Å². The zero-order valence-electron chi connectivity index (χ0n) is 16.6. The molecule has 0 aliphatic rings. The molecule has 0 aliphatic heterocycles. The van der Waals surface area contributed by atoms with Gasteiger partial charge in [0.15, 0.2) is 0 Å². The van der Waals surface area contributed by atoms with Crippen LogP contribution in [0.5, 0.6) is 0 Å². The third-order valence-electron chi connectivity index (χ3n) is 4.59. The molecule has 0 unspecified atom stereocenters. The number of anilines is 1. The molecule has 4 rings (SSSR count). The molecule has 0 atom stereocenters. The van der Waals surface area contributed by atoms with Gasteiger partial charge >= 0.3 is 5.92 Å². The summed E-state index contributed by atoms with van der Waals surface area (Å²) in [5.41, 5.74) is 2.45. The smallest absolute Gasteiger partial charge is 0.303 e. The molecule has 2 N–H and O–H groups in total. The van der Waals surface area contributed by atoms with Crippen LogP contribution in [0.1, 0.15) is 32.2 Å². The molecule has 4 heterocycles. The van der Waals surface area contributed by atoms with E-state index in [2.05, 4.69) is 30.5 Å². The van der Waals surface area contributed by atoms with Crippen molar-refractivity contribution in [2.75, 3.05) is 5.32 Å². The number of H-pyrrole nitrogens is 1. The van der Waals surface area contributed by atoms with Crippen molar-refractivity contribution in [3.05, 3.63) is 48.2 Å². The van der Waals surface area contributed by atoms with Crippen LogP contribution in [0.4, 0.5) is 14.6 Å². The van der Waals surface area contributed by atoms with Crippen molar-refractivity contribution in [2.45, 2.75) is 33.1 Å². The summed E-state index contributed by atoms with van der Waals surface area (Å²) in [6, 6.07) is 4.95. The Kier molecular flexibility index (Phi) is 4.76. The van der Waals surface area contributed by atoms with Crippen LogP contribution in [-0.2, 0) is 17.1 Å². The van der Waals surface area contributed by atoms with Gasteiger partial charge in [0.2, 0.25) is 11.7 Å². The Hall–Kier alpha value is -3.69. The molecular formula is C20H19F2N7O. The number of nitrogens with one attached hydrogen (secondary N) is 2. The summed E-state index contributed by atoms with van der Waals surface area (Å²) >= 11 is 0. The molecular weight excluding hydrogens is 392 g/mol. The normalized spacial score (nSPS) is 11.8. The number of rotatable bonds is 5. The van der Waals surface area contributed by atoms with Crippen molar-refractivity contribution in [1.82, 2.24) is 29.7 Å². The summed E-state index contributed by atoms with van der Waals surface area (Å²) in [7, 11) is 0. The molecule has 8 nitrogen and oxygen atoms in total. The standard InChI is InChI=1S/C20H19F2N7O/c1-4-12-10-29(16-8-17(25-11(2)30)23-9-13(12)16)18-7-15(14-5-6-24-28-14)26-19(27-18)20(3,21)22/h5-10H,4H2,1-3H3,(H,24,28)(H,23,25,30). The fourth-order valence-corrected chi connectivity index (χ4v) is 3.20. The summed E-state index contributed by atoms with van der Waals surface area (Å²) in [4.78, 5) is 23.8. The van der Waals surface area contributed by atoms with Crippen LogP contribution < -0.4 is 5.32 Å². The van der Waals surface area contributed by atoms with E-state index in [1.54, 1.807) is 29.0 Å². The lowest BCUT2D eigenvalue weighted by Crippen LogP contribution is -2.15. The van der Waals surface area contributed by atoms with Crippen LogP contribution in [0.2, 0.25) is 0 Å². The number of aromatic amines is 1. The van der Waals surface area contributed by atoms with E-state index in [9.17, 15) is 13.6 Å². The first-order valence-electron chi connectivity index (χ1n) is 9.31. The van der Waals surface area contributed by atoms with E-state index >= 15 is 0 Å². The van der Waals surface area contributed by atoms with Gasteiger partial charge in [0, 0.05) is 50.0 Å². The third kappa shape index (κ3) is 3.63. The number of alkyl halides is 2. The van der Waals surface area contributed by atoms with E-state index in [0.717, 1.165) is 17.9 Å². The Morgan fingerprint density at radius 3 is 2.73 bits per heavy atom. The van der Waals surface area contributed by atoms with E-state index in [0.29, 0.717) is 29.1 Å². The summed E-state index contributed by atoms with van der Waals surface area (Å²) in [6.07, 6.45) is 5.72. The van der Waals surface area contributed by atoms with Crippen molar-refractivity contribution in [3.8, 4) is 17.2 Å². The van der Waals surface area contributed by atoms with E-state index < -0.39 is 11.7 Å². The number of carbonyl (C=O) groups excluding carboxylic acids is 1. The minimum absolute atomic E-state index is 0.257. The number of amides is 1. The van der Waals surface area contributed by atoms with Crippen LogP contribution in [-0.4, -0.2) is 35.6 Å². The first-order valence-corrected chi connectivity index (χ1v) is 9.31. The van der Waals surface area contributed by atoms with Gasteiger partial charge in [-0.3, -0.25) is 9.89 Å². The number of fused-ring (bicyclic) bond motifs is 1. The predicted molar refractivity (Wildman–Crippen MR) is 107 cm³/mol. The quantitative estimate of drug-likeness (QED) is 0.520. The molecule has 0 radical (unpaired) electrons. The number of hydrogen-bond acceptors (Lipinski definition) is 5. The Bertz CT molecular complexity index is 1230. The second-order valence-electron chi connectivity index (χ2n) is 6.94. The van der Waals surface area contributed by atoms with Crippen LogP contribution in [0.3, 0.4) is 0 Å². The molecule has 10 heteroatoms. The zero-order valence-corrected chi connectivity index (χ0v) is 16.6. The van der Waals surface area contributed by atoms with Crippen molar-refractivity contribution < 1.29 is 13.6 Å². The highest BCUT2D eigenvalue weighted by atomic mass is 19.3. The predicted octanol–water partition coefficient (Wildman–Crippen LogP) is 3.84. The maximum Gasteiger partial charge on any atom is 0.303 e. The fraction of sp³-hybridized carbons (Fsp3) is 0.250. The van der Waals surface area contributed by atoms with Crippen LogP contribution in [0, 0.1) is 0 Å². The molecule has 0 fully saturated rings. The topological polar surface area (TPSA) is 101 Å². The fourth-order valence-electron chi connectivity index (χ4n) is 3.20. The van der Waals surface area contributed by atoms with Crippen LogP contribution in [0.15, 0.2) is 36.8 Å². The molecule has 154 valence electrons. The van der Waals surface area contributed by atoms with Gasteiger partial charge in [0.25, 0.3) is 0 Å². The molecule has 1 amide bonds. The molecule has 30 heavy (non-hydrogen) atoms. The lowest BCUT2D eigenvalue weighted by Gasteiger charge is -2.13. The van der Waals surface area contributed by atoms with Crippen LogP contribution in [0.25, 0.3) is 28.1 Å². The molecule has 4 aromatic heterocycles. The van der Waals surface area contributed by atoms with Gasteiger partial charge in [-0.1, -0.05) is 6.92 Å². The molecule has 0 aliphatic carbocycles. The minimum Gasteiger partial charge on any atom is -0.311 e. The molecule has 0 saturated carbocycles. The maximum absolute atomic E-state index is 14.1. The maximum atomic E-state index is 14.1. The number of nitrogens with zero attached hydrogens (tertiary/aromatic N) is 5. The van der Waals surface area contributed by atoms with E-state index in [-0.39, 0.29) is 11.7 Å². The van der Waals surface area contributed by atoms with Gasteiger partial charge in [0.05, 0.1) is 16.9 Å². The van der Waals surface area contributed by atoms with Gasteiger partial charge in [-0.15, -0.1) is 0 Å². The molecule has 0 spiro atoms. The van der Waals surface area contributed by atoms with Crippen LogP contribution >= 0.6 is 0 Å². The Balaban J connectivity index is 1.96. The molecule has 4 aromatic rings. The Morgan fingerprint density at radius 1 is 1.30 bits per heavy atom. The van der Waals surface area contributed by atoms with Gasteiger partial charge in [-0.2, -0.15) is 13.9 Å². The monoisotopic (exact) mass is 411 g/mol. The lowest BCUT2D eigenvalue weighted by atomic mass is 10.2. The SMILES string of the molecule is CCc1cn(-c2cc(-c3ccn[nH]3)nc(C(C)(F)F)n2)c2cc(NC(C)=O)ncc12. The number of pyridine rings is 1. The Morgan fingerprint density at radius 2 is 2.10 bits per heavy atom. The van der Waals surface area contributed by atoms with Gasteiger partial charge in [-0.05, 0) is 18.1 Å². The number of carbonyl (C=O) groups is 1. The van der Waals surface area contributed by atoms with E-state index in [4.69, 9.17) is 0 Å². The highest BCUT2D eigenvalue weighted by Gasteiger charge is 2.30. The van der Waals surface area contributed by atoms with Crippen molar-refractivity contribution in [1.29, 1.82) is 0 Å². The van der Waals surface area contributed by atoms with E-state index in [1.807, 2.05) is 13.1 Å². The van der Waals surface area contributed by atoms with Crippen molar-refractivity contribution in [2.24, 2.45) is 0 Å². The zero-order chi connectivity index (χ0) is 21.5. The second-order valence-corrected chi connectivity index (χ2v) is 6.94. The first-order chi connectivity index (χ1) is 14.3. The second kappa shape index (κ2) is 7.29. The molecule has 0 aromatic carbocycles. The summed E-state index contributed by atoms with van der Waals surface area (Å²) in [6.45, 7) is 4.13. The van der Waals surface area contributed by atoms with Gasteiger partial charge < -0.3 is 9.88 Å². The summed E-state index contributed by atoms with van der Waals surface area (Å²) < 4.78 is 30.0. The summed E-state index contributed by atoms with van der Waals surface area (Å²) in [5, 5.41) is 10.1. The van der Waals surface area contributed by atoms with Crippen molar-refractivity contribution in [3.63, 3.8) is 0 Å². The highest BCUT2D eigenvalue weighted by Crippen LogP contribution is 2.30. The largest absolute Gasteiger partial charge is 0.311 e. The lowest BCUT2D eigenvalue weighted by molar-refractivity contribution is -0.114. The highest BCUT2D eigenvalue weighted by molar-refractivity contribution is 5.92. The van der Waals surface area contributed by atoms with Crippen molar-refractivity contribution >= 4 is 22.6 Å². The van der Waals surface area contributed by atoms with Gasteiger partial charge in [0.1, 0.15) is 11.6 Å². The third-order valence-corrected chi connectivity index (χ3v) is 4.59. The van der Waals surface area contributed by atoms with Gasteiger partial charge in [-0.25, -0.2) is 15.0 Å². The molecule has 0 bridgehead atoms. The first kappa shape index (κ1) is 19.6.